The Kier molecular flexibility index (Phi) is 7.59. The number of methoxy groups -OCH3 is 1. The number of nitrogens with zero attached hydrogens (tertiary/aromatic N) is 2. The number of thioether (sulfide) groups is 1. The first-order valence-electron chi connectivity index (χ1n) is 10.7. The molecule has 2 aromatic carbocycles. The van der Waals surface area contributed by atoms with E-state index in [9.17, 15) is 4.79 Å². The zero-order valence-electron chi connectivity index (χ0n) is 18.0. The summed E-state index contributed by atoms with van der Waals surface area (Å²) in [5.41, 5.74) is 2.27. The fourth-order valence-electron chi connectivity index (χ4n) is 4.30. The van der Waals surface area contributed by atoms with Gasteiger partial charge in [0.1, 0.15) is 5.75 Å². The number of hydrogen-bond acceptors (Lipinski definition) is 5. The number of amides is 1. The van der Waals surface area contributed by atoms with Crippen molar-refractivity contribution in [2.24, 2.45) is 5.92 Å². The lowest BCUT2D eigenvalue weighted by atomic mass is 9.98. The summed E-state index contributed by atoms with van der Waals surface area (Å²) < 4.78 is 12.1. The Bertz CT molecular complexity index is 898. The van der Waals surface area contributed by atoms with Gasteiger partial charge in [-0.15, -0.1) is 0 Å². The zero-order chi connectivity index (χ0) is 21.8. The average Bonchev–Trinajstić information content (AvgIpc) is 3.37. The standard InChI is InChI=1S/C24H29BrN2O3S/c1-17(29-2)30-21-8-9-23(25)19(13-21)12-18-10-11-26(14-18)15-22-16-27(24(28)31-22)20-6-4-3-5-7-20/h3-9,13,17-18,22H,10-12,14-16H2,1-2H3. The highest BCUT2D eigenvalue weighted by Gasteiger charge is 2.34. The van der Waals surface area contributed by atoms with Crippen LogP contribution in [0.3, 0.4) is 0 Å². The first-order chi connectivity index (χ1) is 15.0. The molecule has 0 bridgehead atoms. The van der Waals surface area contributed by atoms with Gasteiger partial charge in [0.25, 0.3) is 5.24 Å². The topological polar surface area (TPSA) is 42.0 Å². The van der Waals surface area contributed by atoms with Crippen molar-refractivity contribution in [2.75, 3.05) is 38.2 Å². The van der Waals surface area contributed by atoms with E-state index in [1.165, 1.54) is 23.7 Å². The maximum atomic E-state index is 12.5. The molecule has 0 aliphatic carbocycles. The van der Waals surface area contributed by atoms with E-state index in [-0.39, 0.29) is 11.5 Å². The molecule has 2 aliphatic rings. The van der Waals surface area contributed by atoms with Gasteiger partial charge in [-0.05, 0) is 68.1 Å². The van der Waals surface area contributed by atoms with Crippen molar-refractivity contribution in [1.29, 1.82) is 0 Å². The quantitative estimate of drug-likeness (QED) is 0.448. The highest BCUT2D eigenvalue weighted by molar-refractivity contribution is 9.10. The maximum Gasteiger partial charge on any atom is 0.286 e. The van der Waals surface area contributed by atoms with Gasteiger partial charge in [0.2, 0.25) is 0 Å². The summed E-state index contributed by atoms with van der Waals surface area (Å²) in [5, 5.41) is 0.489. The van der Waals surface area contributed by atoms with Gasteiger partial charge in [0.05, 0.1) is 0 Å². The SMILES string of the molecule is COC(C)Oc1ccc(Br)c(CC2CCN(CC3CN(c4ccccc4)C(=O)S3)C2)c1. The van der Waals surface area contributed by atoms with Gasteiger partial charge in [0.15, 0.2) is 6.29 Å². The molecule has 166 valence electrons. The molecule has 2 aromatic rings. The molecule has 0 radical (unpaired) electrons. The molecule has 2 aliphatic heterocycles. The minimum Gasteiger partial charge on any atom is -0.465 e. The first-order valence-corrected chi connectivity index (χ1v) is 12.4. The fourth-order valence-corrected chi connectivity index (χ4v) is 5.81. The summed E-state index contributed by atoms with van der Waals surface area (Å²) in [6.45, 7) is 5.81. The van der Waals surface area contributed by atoms with Gasteiger partial charge >= 0.3 is 0 Å². The molecule has 1 amide bonds. The number of rotatable bonds is 8. The van der Waals surface area contributed by atoms with Crippen LogP contribution in [0.2, 0.25) is 0 Å². The van der Waals surface area contributed by atoms with Crippen LogP contribution in [0.5, 0.6) is 5.75 Å². The van der Waals surface area contributed by atoms with Crippen LogP contribution in [0.15, 0.2) is 53.0 Å². The van der Waals surface area contributed by atoms with Crippen molar-refractivity contribution >= 4 is 38.6 Å². The molecule has 0 N–H and O–H groups in total. The summed E-state index contributed by atoms with van der Waals surface area (Å²) in [7, 11) is 1.65. The molecule has 3 atom stereocenters. The maximum absolute atomic E-state index is 12.5. The van der Waals surface area contributed by atoms with E-state index in [1.807, 2.05) is 48.2 Å². The predicted octanol–water partition coefficient (Wildman–Crippen LogP) is 5.43. The van der Waals surface area contributed by atoms with Crippen LogP contribution < -0.4 is 9.64 Å². The van der Waals surface area contributed by atoms with Crippen LogP contribution in [0, 0.1) is 5.92 Å². The second-order valence-electron chi connectivity index (χ2n) is 8.24. The average molecular weight is 505 g/mol. The molecule has 31 heavy (non-hydrogen) atoms. The van der Waals surface area contributed by atoms with Gasteiger partial charge in [-0.2, -0.15) is 0 Å². The number of carbonyl (C=O) groups is 1. The van der Waals surface area contributed by atoms with E-state index < -0.39 is 0 Å². The van der Waals surface area contributed by atoms with Gasteiger partial charge < -0.3 is 19.3 Å². The molecule has 5 nitrogen and oxygen atoms in total. The summed E-state index contributed by atoms with van der Waals surface area (Å²) in [6.07, 6.45) is 1.93. The summed E-state index contributed by atoms with van der Waals surface area (Å²) in [4.78, 5) is 16.9. The second kappa shape index (κ2) is 10.4. The van der Waals surface area contributed by atoms with Crippen LogP contribution >= 0.6 is 27.7 Å². The number of para-hydroxylation sites is 1. The number of anilines is 1. The van der Waals surface area contributed by atoms with E-state index in [2.05, 4.69) is 33.0 Å². The lowest BCUT2D eigenvalue weighted by molar-refractivity contribution is -0.0383. The van der Waals surface area contributed by atoms with Crippen molar-refractivity contribution in [3.63, 3.8) is 0 Å². The highest BCUT2D eigenvalue weighted by atomic mass is 79.9. The Hall–Kier alpha value is -1.54. The van der Waals surface area contributed by atoms with Crippen LogP contribution in [0.4, 0.5) is 10.5 Å². The number of hydrogen-bond donors (Lipinski definition) is 0. The van der Waals surface area contributed by atoms with Crippen molar-refractivity contribution < 1.29 is 14.3 Å². The van der Waals surface area contributed by atoms with E-state index in [0.717, 1.165) is 48.5 Å². The van der Waals surface area contributed by atoms with Crippen LogP contribution in [0.1, 0.15) is 18.9 Å². The molecular formula is C24H29BrN2O3S. The number of likely N-dealkylation sites (tertiary alicyclic amines) is 1. The van der Waals surface area contributed by atoms with Crippen molar-refractivity contribution in [3.05, 3.63) is 58.6 Å². The number of carbonyl (C=O) groups excluding carboxylic acids is 1. The fraction of sp³-hybridized carbons (Fsp3) is 0.458. The van der Waals surface area contributed by atoms with Crippen LogP contribution in [-0.4, -0.2) is 55.0 Å². The van der Waals surface area contributed by atoms with E-state index >= 15 is 0 Å². The van der Waals surface area contributed by atoms with Crippen molar-refractivity contribution in [3.8, 4) is 5.75 Å². The lowest BCUT2D eigenvalue weighted by Gasteiger charge is -2.20. The minimum absolute atomic E-state index is 0.165. The van der Waals surface area contributed by atoms with Gasteiger partial charge in [-0.25, -0.2) is 0 Å². The Labute approximate surface area is 197 Å². The molecule has 0 aromatic heterocycles. The molecule has 2 heterocycles. The Morgan fingerprint density at radius 1 is 1.19 bits per heavy atom. The molecule has 0 saturated carbocycles. The summed E-state index contributed by atoms with van der Waals surface area (Å²) in [6, 6.07) is 16.1. The van der Waals surface area contributed by atoms with Crippen LogP contribution in [0.25, 0.3) is 0 Å². The largest absolute Gasteiger partial charge is 0.465 e. The second-order valence-corrected chi connectivity index (χ2v) is 10.4. The Balaban J connectivity index is 1.30. The molecule has 3 unspecified atom stereocenters. The van der Waals surface area contributed by atoms with Crippen molar-refractivity contribution in [1.82, 2.24) is 4.90 Å². The smallest absolute Gasteiger partial charge is 0.286 e. The molecule has 0 spiro atoms. The van der Waals surface area contributed by atoms with Crippen molar-refractivity contribution in [2.45, 2.75) is 31.3 Å². The Morgan fingerprint density at radius 2 is 2.00 bits per heavy atom. The number of benzene rings is 2. The molecular weight excluding hydrogens is 476 g/mol. The van der Waals surface area contributed by atoms with E-state index in [0.29, 0.717) is 11.2 Å². The zero-order valence-corrected chi connectivity index (χ0v) is 20.4. The third-order valence-electron chi connectivity index (χ3n) is 5.93. The third kappa shape index (κ3) is 5.83. The lowest BCUT2D eigenvalue weighted by Crippen LogP contribution is -2.32. The molecule has 2 saturated heterocycles. The third-order valence-corrected chi connectivity index (χ3v) is 7.76. The van der Waals surface area contributed by atoms with E-state index in [4.69, 9.17) is 9.47 Å². The van der Waals surface area contributed by atoms with Gasteiger partial charge in [-0.1, -0.05) is 45.9 Å². The van der Waals surface area contributed by atoms with Crippen LogP contribution in [-0.2, 0) is 11.2 Å². The van der Waals surface area contributed by atoms with E-state index in [1.54, 1.807) is 7.11 Å². The van der Waals surface area contributed by atoms with Gasteiger partial charge in [-0.3, -0.25) is 4.79 Å². The Morgan fingerprint density at radius 3 is 2.77 bits per heavy atom. The number of ether oxygens (including phenoxy) is 2. The molecule has 2 fully saturated rings. The minimum atomic E-state index is -0.266. The monoisotopic (exact) mass is 504 g/mol. The highest BCUT2D eigenvalue weighted by Crippen LogP contribution is 2.33. The predicted molar refractivity (Wildman–Crippen MR) is 130 cm³/mol. The number of halogens is 1. The van der Waals surface area contributed by atoms with Gasteiger partial charge in [0, 0.05) is 42.2 Å². The molecule has 7 heteroatoms. The molecule has 4 rings (SSSR count). The normalized spacial score (nSPS) is 22.8. The summed E-state index contributed by atoms with van der Waals surface area (Å²) in [5.74, 6) is 1.45. The summed E-state index contributed by atoms with van der Waals surface area (Å²) >= 11 is 5.18. The first kappa shape index (κ1) is 22.6.